The van der Waals surface area contributed by atoms with E-state index in [2.05, 4.69) is 42.2 Å². The summed E-state index contributed by atoms with van der Waals surface area (Å²) in [5, 5.41) is 8.11. The van der Waals surface area contributed by atoms with E-state index in [1.54, 1.807) is 0 Å². The van der Waals surface area contributed by atoms with Crippen molar-refractivity contribution in [3.63, 3.8) is 0 Å². The molecule has 114 valence electrons. The zero-order valence-electron chi connectivity index (χ0n) is 12.2. The molecule has 6 heteroatoms. The third-order valence-electron chi connectivity index (χ3n) is 3.74. The van der Waals surface area contributed by atoms with E-state index < -0.39 is 0 Å². The number of H-pyrrole nitrogens is 2. The molecule has 0 radical (unpaired) electrons. The minimum atomic E-state index is 0.711. The van der Waals surface area contributed by atoms with Gasteiger partial charge in [0.25, 0.3) is 0 Å². The van der Waals surface area contributed by atoms with Gasteiger partial charge < -0.3 is 4.98 Å². The molecular weight excluding hydrogens is 376 g/mol. The first kappa shape index (κ1) is 14.5. The average molecular weight is 388 g/mol. The Balaban J connectivity index is 1.75. The Morgan fingerprint density at radius 2 is 1.87 bits per heavy atom. The van der Waals surface area contributed by atoms with Crippen molar-refractivity contribution in [2.45, 2.75) is 6.92 Å². The summed E-state index contributed by atoms with van der Waals surface area (Å²) in [6, 6.07) is 13.7. The molecule has 0 atom stereocenters. The van der Waals surface area contributed by atoms with Crippen LogP contribution < -0.4 is 0 Å². The van der Waals surface area contributed by atoms with E-state index in [0.717, 1.165) is 43.8 Å². The first-order chi connectivity index (χ1) is 11.1. The SMILES string of the molecule is Cc1cc2nc(-c3cc(-c4ccc(Cl)cc4)n[nH]3)[nH]c2cc1Br. The van der Waals surface area contributed by atoms with Gasteiger partial charge in [-0.2, -0.15) is 5.10 Å². The number of hydrogen-bond acceptors (Lipinski definition) is 2. The van der Waals surface area contributed by atoms with Crippen LogP contribution in [-0.2, 0) is 0 Å². The third-order valence-corrected chi connectivity index (χ3v) is 4.84. The Kier molecular flexibility index (Phi) is 3.47. The molecule has 4 nitrogen and oxygen atoms in total. The number of halogens is 2. The monoisotopic (exact) mass is 386 g/mol. The van der Waals surface area contributed by atoms with E-state index >= 15 is 0 Å². The number of fused-ring (bicyclic) bond motifs is 1. The van der Waals surface area contributed by atoms with Gasteiger partial charge in [0.05, 0.1) is 16.7 Å². The van der Waals surface area contributed by atoms with Crippen molar-refractivity contribution >= 4 is 38.6 Å². The molecular formula is C17H12BrClN4. The van der Waals surface area contributed by atoms with Crippen molar-refractivity contribution in [3.8, 4) is 22.8 Å². The van der Waals surface area contributed by atoms with Crippen LogP contribution in [0.1, 0.15) is 5.56 Å². The molecule has 0 aliphatic heterocycles. The number of benzene rings is 2. The van der Waals surface area contributed by atoms with Gasteiger partial charge in [-0.25, -0.2) is 4.98 Å². The lowest BCUT2D eigenvalue weighted by Gasteiger charge is -1.95. The molecule has 2 heterocycles. The van der Waals surface area contributed by atoms with Crippen LogP contribution in [0.2, 0.25) is 5.02 Å². The Bertz CT molecular complexity index is 962. The third kappa shape index (κ3) is 2.66. The van der Waals surface area contributed by atoms with E-state index in [1.807, 2.05) is 43.3 Å². The number of aromatic amines is 2. The minimum absolute atomic E-state index is 0.711. The molecule has 0 amide bonds. The van der Waals surface area contributed by atoms with Gasteiger partial charge in [0, 0.05) is 15.1 Å². The molecule has 2 aromatic carbocycles. The number of imidazole rings is 1. The predicted molar refractivity (Wildman–Crippen MR) is 96.6 cm³/mol. The van der Waals surface area contributed by atoms with Crippen molar-refractivity contribution in [3.05, 3.63) is 57.5 Å². The topological polar surface area (TPSA) is 57.4 Å². The van der Waals surface area contributed by atoms with E-state index in [4.69, 9.17) is 11.6 Å². The van der Waals surface area contributed by atoms with E-state index in [1.165, 1.54) is 0 Å². The molecule has 0 aliphatic carbocycles. The number of rotatable bonds is 2. The van der Waals surface area contributed by atoms with Crippen molar-refractivity contribution in [2.75, 3.05) is 0 Å². The van der Waals surface area contributed by atoms with Gasteiger partial charge in [0.2, 0.25) is 0 Å². The molecule has 0 aliphatic rings. The standard InChI is InChI=1S/C17H12BrClN4/c1-9-6-14-15(7-12(9)18)21-17(20-14)16-8-13(22-23-16)10-2-4-11(19)5-3-10/h2-8H,1H3,(H,20,21)(H,22,23). The maximum Gasteiger partial charge on any atom is 0.156 e. The molecule has 4 rings (SSSR count). The molecule has 0 fully saturated rings. The van der Waals surface area contributed by atoms with Crippen LogP contribution >= 0.6 is 27.5 Å². The first-order valence-corrected chi connectivity index (χ1v) is 8.25. The molecule has 2 aromatic heterocycles. The Labute approximate surface area is 146 Å². The van der Waals surface area contributed by atoms with Crippen LogP contribution in [0.5, 0.6) is 0 Å². The van der Waals surface area contributed by atoms with Gasteiger partial charge in [-0.15, -0.1) is 0 Å². The maximum atomic E-state index is 5.92. The smallest absolute Gasteiger partial charge is 0.156 e. The van der Waals surface area contributed by atoms with Crippen molar-refractivity contribution < 1.29 is 0 Å². The summed E-state index contributed by atoms with van der Waals surface area (Å²) < 4.78 is 1.06. The van der Waals surface area contributed by atoms with Gasteiger partial charge in [-0.1, -0.05) is 39.7 Å². The van der Waals surface area contributed by atoms with Gasteiger partial charge in [-0.05, 0) is 42.8 Å². The Morgan fingerprint density at radius 1 is 1.09 bits per heavy atom. The zero-order chi connectivity index (χ0) is 16.0. The number of aryl methyl sites for hydroxylation is 1. The van der Waals surface area contributed by atoms with Gasteiger partial charge in [0.15, 0.2) is 5.82 Å². The summed E-state index contributed by atoms with van der Waals surface area (Å²) >= 11 is 9.47. The molecule has 0 unspecified atom stereocenters. The molecule has 0 saturated carbocycles. The van der Waals surface area contributed by atoms with Crippen LogP contribution in [-0.4, -0.2) is 20.2 Å². The number of hydrogen-bond donors (Lipinski definition) is 2. The molecule has 0 bridgehead atoms. The van der Waals surface area contributed by atoms with Gasteiger partial charge >= 0.3 is 0 Å². The van der Waals surface area contributed by atoms with Gasteiger partial charge in [-0.3, -0.25) is 5.10 Å². The highest BCUT2D eigenvalue weighted by molar-refractivity contribution is 9.10. The van der Waals surface area contributed by atoms with Crippen LogP contribution in [0.15, 0.2) is 46.9 Å². The fourth-order valence-corrected chi connectivity index (χ4v) is 2.94. The fourth-order valence-electron chi connectivity index (χ4n) is 2.47. The quantitative estimate of drug-likeness (QED) is 0.487. The first-order valence-electron chi connectivity index (χ1n) is 7.08. The number of nitrogens with zero attached hydrogens (tertiary/aromatic N) is 2. The van der Waals surface area contributed by atoms with E-state index in [-0.39, 0.29) is 0 Å². The summed E-state index contributed by atoms with van der Waals surface area (Å²) in [4.78, 5) is 7.96. The van der Waals surface area contributed by atoms with Crippen LogP contribution in [0.4, 0.5) is 0 Å². The second-order valence-electron chi connectivity index (χ2n) is 5.38. The summed E-state index contributed by atoms with van der Waals surface area (Å²) in [5.74, 6) is 0.769. The fraction of sp³-hybridized carbons (Fsp3) is 0.0588. The van der Waals surface area contributed by atoms with Crippen molar-refractivity contribution in [2.24, 2.45) is 0 Å². The van der Waals surface area contributed by atoms with Gasteiger partial charge in [0.1, 0.15) is 5.69 Å². The lowest BCUT2D eigenvalue weighted by Crippen LogP contribution is -1.79. The molecule has 0 saturated heterocycles. The maximum absolute atomic E-state index is 5.92. The molecule has 4 aromatic rings. The minimum Gasteiger partial charge on any atom is -0.337 e. The highest BCUT2D eigenvalue weighted by Gasteiger charge is 2.11. The molecule has 23 heavy (non-hydrogen) atoms. The summed E-state index contributed by atoms with van der Waals surface area (Å²) in [5.41, 5.74) is 5.78. The van der Waals surface area contributed by atoms with E-state index in [0.29, 0.717) is 5.02 Å². The van der Waals surface area contributed by atoms with Crippen LogP contribution in [0, 0.1) is 6.92 Å². The second-order valence-corrected chi connectivity index (χ2v) is 6.67. The molecule has 0 spiro atoms. The number of nitrogens with one attached hydrogen (secondary N) is 2. The zero-order valence-corrected chi connectivity index (χ0v) is 14.5. The second kappa shape index (κ2) is 5.51. The lowest BCUT2D eigenvalue weighted by molar-refractivity contribution is 1.09. The Morgan fingerprint density at radius 3 is 2.65 bits per heavy atom. The number of aromatic nitrogens is 4. The molecule has 2 N–H and O–H groups in total. The summed E-state index contributed by atoms with van der Waals surface area (Å²) in [7, 11) is 0. The Hall–Kier alpha value is -2.11. The summed E-state index contributed by atoms with van der Waals surface area (Å²) in [6.45, 7) is 2.05. The van der Waals surface area contributed by atoms with Crippen LogP contribution in [0.25, 0.3) is 33.8 Å². The average Bonchev–Trinajstić information content (AvgIpc) is 3.15. The highest BCUT2D eigenvalue weighted by Crippen LogP contribution is 2.27. The van der Waals surface area contributed by atoms with E-state index in [9.17, 15) is 0 Å². The van der Waals surface area contributed by atoms with Crippen molar-refractivity contribution in [1.82, 2.24) is 20.2 Å². The predicted octanol–water partition coefficient (Wildman–Crippen LogP) is 5.34. The van der Waals surface area contributed by atoms with Crippen LogP contribution in [0.3, 0.4) is 0 Å². The summed E-state index contributed by atoms with van der Waals surface area (Å²) in [6.07, 6.45) is 0. The lowest BCUT2D eigenvalue weighted by atomic mass is 10.1. The highest BCUT2D eigenvalue weighted by atomic mass is 79.9. The largest absolute Gasteiger partial charge is 0.337 e. The normalized spacial score (nSPS) is 11.3. The van der Waals surface area contributed by atoms with Crippen molar-refractivity contribution in [1.29, 1.82) is 0 Å².